The van der Waals surface area contributed by atoms with E-state index in [9.17, 15) is 0 Å². The van der Waals surface area contributed by atoms with Crippen LogP contribution < -0.4 is 4.90 Å². The predicted octanol–water partition coefficient (Wildman–Crippen LogP) is 14.8. The normalized spacial score (nSPS) is 11.9. The molecule has 4 heteroatoms. The van der Waals surface area contributed by atoms with Crippen molar-refractivity contribution in [3.05, 3.63) is 194 Å². The zero-order chi connectivity index (χ0) is 36.7. The zero-order valence-corrected chi connectivity index (χ0v) is 30.2. The van der Waals surface area contributed by atoms with E-state index < -0.39 is 0 Å². The third kappa shape index (κ3) is 4.79. The summed E-state index contributed by atoms with van der Waals surface area (Å²) in [5, 5.41) is 9.01. The van der Waals surface area contributed by atoms with Crippen LogP contribution in [0.15, 0.2) is 203 Å². The summed E-state index contributed by atoms with van der Waals surface area (Å²) in [6, 6.07) is 64.8. The quantitative estimate of drug-likeness (QED) is 0.178. The lowest BCUT2D eigenvalue weighted by molar-refractivity contribution is 0.672. The van der Waals surface area contributed by atoms with E-state index in [0.717, 1.165) is 77.3 Å². The Morgan fingerprint density at radius 2 is 0.839 bits per heavy atom. The maximum atomic E-state index is 6.67. The highest BCUT2D eigenvalue weighted by molar-refractivity contribution is 6.17. The summed E-state index contributed by atoms with van der Waals surface area (Å²) in [5.74, 6) is 0. The number of pyridine rings is 1. The van der Waals surface area contributed by atoms with Gasteiger partial charge in [0.25, 0.3) is 0 Å². The molecule has 4 heterocycles. The first-order valence-electron chi connectivity index (χ1n) is 19.0. The van der Waals surface area contributed by atoms with Gasteiger partial charge in [-0.2, -0.15) is 0 Å². The average molecular weight is 717 g/mol. The molecule has 0 aliphatic heterocycles. The number of furan rings is 2. The van der Waals surface area contributed by atoms with E-state index in [1.165, 1.54) is 33.0 Å². The lowest BCUT2D eigenvalue weighted by atomic mass is 10.0. The Labute approximate surface area is 321 Å². The molecule has 4 aromatic heterocycles. The fraction of sp³-hybridized carbons (Fsp3) is 0. The largest absolute Gasteiger partial charge is 0.455 e. The Bertz CT molecular complexity index is 3290. The molecule has 0 radical (unpaired) electrons. The van der Waals surface area contributed by atoms with Crippen LogP contribution in [-0.4, -0.2) is 4.40 Å². The van der Waals surface area contributed by atoms with E-state index in [0.29, 0.717) is 0 Å². The molecule has 12 rings (SSSR count). The molecule has 0 spiro atoms. The number of hydrogen-bond acceptors (Lipinski definition) is 3. The molecule has 0 aliphatic carbocycles. The molecular formula is C52H32N2O2. The number of rotatable bonds is 5. The summed E-state index contributed by atoms with van der Waals surface area (Å²) in [6.07, 6.45) is 4.27. The van der Waals surface area contributed by atoms with Gasteiger partial charge in [0.2, 0.25) is 0 Å². The van der Waals surface area contributed by atoms with Gasteiger partial charge in [0, 0.05) is 85.0 Å². The lowest BCUT2D eigenvalue weighted by Crippen LogP contribution is -2.09. The number of fused-ring (bicyclic) bond motifs is 11. The molecule has 0 fully saturated rings. The summed E-state index contributed by atoms with van der Waals surface area (Å²) in [5.41, 5.74) is 12.5. The van der Waals surface area contributed by atoms with Gasteiger partial charge < -0.3 is 18.1 Å². The maximum Gasteiger partial charge on any atom is 0.143 e. The van der Waals surface area contributed by atoms with E-state index >= 15 is 0 Å². The van der Waals surface area contributed by atoms with Gasteiger partial charge in [-0.1, -0.05) is 103 Å². The van der Waals surface area contributed by atoms with Gasteiger partial charge in [-0.25, -0.2) is 0 Å². The summed E-state index contributed by atoms with van der Waals surface area (Å²) in [6.45, 7) is 0. The van der Waals surface area contributed by atoms with Gasteiger partial charge in [0.05, 0.1) is 0 Å². The number of anilines is 3. The molecule has 0 saturated heterocycles. The smallest absolute Gasteiger partial charge is 0.143 e. The number of aromatic nitrogens is 1. The van der Waals surface area contributed by atoms with Crippen LogP contribution >= 0.6 is 0 Å². The Morgan fingerprint density at radius 1 is 0.357 bits per heavy atom. The molecule has 0 N–H and O–H groups in total. The Morgan fingerprint density at radius 3 is 1.41 bits per heavy atom. The molecule has 12 aromatic rings. The first kappa shape index (κ1) is 30.9. The van der Waals surface area contributed by atoms with Crippen LogP contribution in [0.3, 0.4) is 0 Å². The van der Waals surface area contributed by atoms with Gasteiger partial charge in [0.15, 0.2) is 0 Å². The monoisotopic (exact) mass is 716 g/mol. The van der Waals surface area contributed by atoms with Crippen molar-refractivity contribution in [3.63, 3.8) is 0 Å². The second kappa shape index (κ2) is 12.0. The topological polar surface area (TPSA) is 33.9 Å². The molecule has 262 valence electrons. The number of nitrogens with zero attached hydrogens (tertiary/aromatic N) is 2. The summed E-state index contributed by atoms with van der Waals surface area (Å²) < 4.78 is 15.5. The minimum atomic E-state index is 0.850. The van der Waals surface area contributed by atoms with Crippen molar-refractivity contribution in [1.82, 2.24) is 4.40 Å². The van der Waals surface area contributed by atoms with Crippen LogP contribution in [0, 0.1) is 0 Å². The highest BCUT2D eigenvalue weighted by atomic mass is 16.3. The van der Waals surface area contributed by atoms with Gasteiger partial charge in [-0.15, -0.1) is 0 Å². The van der Waals surface area contributed by atoms with E-state index in [4.69, 9.17) is 8.83 Å². The molecule has 4 nitrogen and oxygen atoms in total. The summed E-state index contributed by atoms with van der Waals surface area (Å²) in [4.78, 5) is 2.29. The fourth-order valence-electron chi connectivity index (χ4n) is 8.58. The van der Waals surface area contributed by atoms with Crippen LogP contribution in [-0.2, 0) is 0 Å². The predicted molar refractivity (Wildman–Crippen MR) is 233 cm³/mol. The van der Waals surface area contributed by atoms with Crippen molar-refractivity contribution >= 4 is 88.0 Å². The number of hydrogen-bond donors (Lipinski definition) is 0. The molecule has 0 saturated carbocycles. The molecule has 0 aliphatic rings. The average Bonchev–Trinajstić information content (AvgIpc) is 3.97. The zero-order valence-electron chi connectivity index (χ0n) is 30.2. The van der Waals surface area contributed by atoms with E-state index in [1.807, 2.05) is 0 Å². The van der Waals surface area contributed by atoms with Crippen LogP contribution in [0.2, 0.25) is 0 Å². The van der Waals surface area contributed by atoms with E-state index in [-0.39, 0.29) is 0 Å². The van der Waals surface area contributed by atoms with Crippen molar-refractivity contribution in [2.75, 3.05) is 4.90 Å². The third-order valence-electron chi connectivity index (χ3n) is 11.4. The van der Waals surface area contributed by atoms with Crippen molar-refractivity contribution in [3.8, 4) is 22.3 Å². The molecule has 0 unspecified atom stereocenters. The van der Waals surface area contributed by atoms with E-state index in [1.54, 1.807) is 0 Å². The van der Waals surface area contributed by atoms with Crippen molar-refractivity contribution < 1.29 is 8.83 Å². The van der Waals surface area contributed by atoms with Crippen molar-refractivity contribution in [1.29, 1.82) is 0 Å². The van der Waals surface area contributed by atoms with Gasteiger partial charge >= 0.3 is 0 Å². The van der Waals surface area contributed by atoms with Crippen LogP contribution in [0.25, 0.3) is 93.2 Å². The Kier molecular flexibility index (Phi) is 6.60. The minimum Gasteiger partial charge on any atom is -0.455 e. The first-order chi connectivity index (χ1) is 27.7. The van der Waals surface area contributed by atoms with Gasteiger partial charge in [-0.3, -0.25) is 0 Å². The molecule has 0 bridgehead atoms. The van der Waals surface area contributed by atoms with Crippen LogP contribution in [0.1, 0.15) is 0 Å². The first-order valence-corrected chi connectivity index (χ1v) is 19.0. The maximum absolute atomic E-state index is 6.67. The Hall–Kier alpha value is -7.56. The summed E-state index contributed by atoms with van der Waals surface area (Å²) >= 11 is 0. The highest BCUT2D eigenvalue weighted by Crippen LogP contribution is 2.43. The second-order valence-electron chi connectivity index (χ2n) is 14.6. The molecular weight excluding hydrogens is 685 g/mol. The standard InChI is InChI=1S/C52H32N2O2/c1-3-10-43-36(7-1)18-24-47-45-26-22-41(30-49(45)55-51(43)47)54(42-23-27-46-48-25-19-37-8-2-4-11-44(37)52(48)56-50(46)31-42)39-20-16-34(17-21-39)33-12-14-35(15-13-33)38-29-40-9-5-6-28-53(40)32-38/h1-32H. The van der Waals surface area contributed by atoms with Gasteiger partial charge in [-0.05, 0) is 94.2 Å². The van der Waals surface area contributed by atoms with E-state index in [2.05, 4.69) is 204 Å². The lowest BCUT2D eigenvalue weighted by Gasteiger charge is -2.25. The third-order valence-corrected chi connectivity index (χ3v) is 11.4. The fourth-order valence-corrected chi connectivity index (χ4v) is 8.58. The minimum absolute atomic E-state index is 0.850. The molecule has 8 aromatic carbocycles. The molecule has 0 atom stereocenters. The van der Waals surface area contributed by atoms with Gasteiger partial charge in [0.1, 0.15) is 22.3 Å². The summed E-state index contributed by atoms with van der Waals surface area (Å²) in [7, 11) is 0. The molecule has 56 heavy (non-hydrogen) atoms. The number of benzene rings is 8. The van der Waals surface area contributed by atoms with Crippen molar-refractivity contribution in [2.45, 2.75) is 0 Å². The Balaban J connectivity index is 0.974. The van der Waals surface area contributed by atoms with Crippen LogP contribution in [0.5, 0.6) is 0 Å². The highest BCUT2D eigenvalue weighted by Gasteiger charge is 2.19. The van der Waals surface area contributed by atoms with Crippen LogP contribution in [0.4, 0.5) is 17.1 Å². The van der Waals surface area contributed by atoms with Crippen molar-refractivity contribution in [2.24, 2.45) is 0 Å². The SMILES string of the molecule is c1ccc2c(c1)ccc1c3ccc(N(c4ccc(-c5ccc(-c6cc7ccccn7c6)cc5)cc4)c4ccc5c(c4)oc4c6ccccc6ccc54)cc3oc21. The second-order valence-corrected chi connectivity index (χ2v) is 14.6. The molecule has 0 amide bonds.